The minimum absolute atomic E-state index is 0.116. The van der Waals surface area contributed by atoms with Crippen molar-refractivity contribution in [3.8, 4) is 0 Å². The third-order valence-electron chi connectivity index (χ3n) is 2.28. The molecule has 1 saturated heterocycles. The molecule has 4 nitrogen and oxygen atoms in total. The molecule has 0 saturated carbocycles. The van der Waals surface area contributed by atoms with Crippen LogP contribution in [0.2, 0.25) is 0 Å². The molecule has 16 heavy (non-hydrogen) atoms. The van der Waals surface area contributed by atoms with Crippen LogP contribution in [-0.2, 0) is 4.79 Å². The van der Waals surface area contributed by atoms with Gasteiger partial charge in [-0.1, -0.05) is 0 Å². The lowest BCUT2D eigenvalue weighted by Gasteiger charge is -2.27. The van der Waals surface area contributed by atoms with Crippen LogP contribution >= 0.6 is 11.8 Å². The highest BCUT2D eigenvalue weighted by Gasteiger charge is 2.45. The van der Waals surface area contributed by atoms with E-state index in [9.17, 15) is 22.8 Å². The fourth-order valence-electron chi connectivity index (χ4n) is 1.33. The minimum atomic E-state index is -4.32. The number of hydrogen-bond donors (Lipinski definition) is 1. The van der Waals surface area contributed by atoms with Crippen LogP contribution in [0.5, 0.6) is 0 Å². The predicted octanol–water partition coefficient (Wildman–Crippen LogP) is 1.57. The van der Waals surface area contributed by atoms with Gasteiger partial charge in [0.2, 0.25) is 0 Å². The molecule has 92 valence electrons. The van der Waals surface area contributed by atoms with Crippen LogP contribution < -0.4 is 5.32 Å². The first-order valence-corrected chi connectivity index (χ1v) is 5.47. The first-order valence-electron chi connectivity index (χ1n) is 4.48. The minimum Gasteiger partial charge on any atom is -0.309 e. The summed E-state index contributed by atoms with van der Waals surface area (Å²) in [5.74, 6) is -0.775. The van der Waals surface area contributed by atoms with Crippen molar-refractivity contribution in [2.45, 2.75) is 24.9 Å². The van der Waals surface area contributed by atoms with Crippen molar-refractivity contribution in [2.75, 3.05) is 12.3 Å². The van der Waals surface area contributed by atoms with E-state index in [1.807, 2.05) is 0 Å². The van der Waals surface area contributed by atoms with Crippen molar-refractivity contribution in [2.24, 2.45) is 0 Å². The van der Waals surface area contributed by atoms with Crippen LogP contribution in [0.15, 0.2) is 0 Å². The molecule has 0 aliphatic carbocycles. The van der Waals surface area contributed by atoms with Crippen molar-refractivity contribution in [3.63, 3.8) is 0 Å². The third-order valence-corrected chi connectivity index (χ3v) is 2.99. The zero-order valence-corrected chi connectivity index (χ0v) is 9.54. The molecule has 0 aromatic heterocycles. The number of carbonyl (C=O) groups excluding carboxylic acids is 2. The number of nitrogens with one attached hydrogen (secondary N) is 1. The van der Waals surface area contributed by atoms with Crippen molar-refractivity contribution < 1.29 is 22.8 Å². The van der Waals surface area contributed by atoms with Crippen LogP contribution in [0.25, 0.3) is 0 Å². The average molecular weight is 256 g/mol. The van der Waals surface area contributed by atoms with Crippen molar-refractivity contribution in [3.05, 3.63) is 0 Å². The molecule has 1 aliphatic heterocycles. The molecule has 1 rings (SSSR count). The Morgan fingerprint density at radius 3 is 2.31 bits per heavy atom. The van der Waals surface area contributed by atoms with Gasteiger partial charge < -0.3 is 4.90 Å². The molecular weight excluding hydrogens is 245 g/mol. The van der Waals surface area contributed by atoms with E-state index < -0.39 is 23.0 Å². The number of alkyl halides is 3. The number of halogens is 3. The predicted molar refractivity (Wildman–Crippen MR) is 52.8 cm³/mol. The van der Waals surface area contributed by atoms with Crippen molar-refractivity contribution >= 4 is 23.7 Å². The van der Waals surface area contributed by atoms with Gasteiger partial charge in [0.15, 0.2) is 0 Å². The van der Waals surface area contributed by atoms with Gasteiger partial charge in [-0.15, -0.1) is 0 Å². The maximum absolute atomic E-state index is 11.9. The van der Waals surface area contributed by atoms with E-state index in [0.29, 0.717) is 0 Å². The lowest BCUT2D eigenvalue weighted by Crippen LogP contribution is -2.45. The van der Waals surface area contributed by atoms with Crippen molar-refractivity contribution in [1.29, 1.82) is 0 Å². The van der Waals surface area contributed by atoms with Gasteiger partial charge >= 0.3 is 11.5 Å². The lowest BCUT2D eigenvalue weighted by atomic mass is 10.1. The zero-order chi connectivity index (χ0) is 12.6. The summed E-state index contributed by atoms with van der Waals surface area (Å²) < 4.78 is 35.6. The SMILES string of the molecule is CC1(C)C(=O)NC(=O)N1CCSC(F)(F)F. The van der Waals surface area contributed by atoms with Gasteiger partial charge in [0.1, 0.15) is 5.54 Å². The van der Waals surface area contributed by atoms with Crippen LogP contribution in [0.3, 0.4) is 0 Å². The Bertz CT molecular complexity index is 317. The number of amides is 3. The Morgan fingerprint density at radius 2 is 1.94 bits per heavy atom. The topological polar surface area (TPSA) is 49.4 Å². The molecular formula is C8H11F3N2O2S. The summed E-state index contributed by atoms with van der Waals surface area (Å²) in [5, 5.41) is 2.06. The fourth-order valence-corrected chi connectivity index (χ4v) is 1.83. The Hall–Kier alpha value is -0.920. The molecule has 0 atom stereocenters. The average Bonchev–Trinajstić information content (AvgIpc) is 2.26. The second kappa shape index (κ2) is 4.15. The molecule has 0 aromatic rings. The van der Waals surface area contributed by atoms with E-state index in [-0.39, 0.29) is 24.1 Å². The normalized spacial score (nSPS) is 20.2. The monoisotopic (exact) mass is 256 g/mol. The fraction of sp³-hybridized carbons (Fsp3) is 0.750. The molecule has 1 heterocycles. The number of thioether (sulfide) groups is 1. The largest absolute Gasteiger partial charge is 0.441 e. The second-order valence-electron chi connectivity index (χ2n) is 3.76. The smallest absolute Gasteiger partial charge is 0.309 e. The van der Waals surface area contributed by atoms with E-state index in [1.54, 1.807) is 0 Å². The van der Waals surface area contributed by atoms with Gasteiger partial charge in [0.25, 0.3) is 5.91 Å². The van der Waals surface area contributed by atoms with Gasteiger partial charge in [0, 0.05) is 12.3 Å². The summed E-state index contributed by atoms with van der Waals surface area (Å²) >= 11 is -0.209. The summed E-state index contributed by atoms with van der Waals surface area (Å²) in [6.07, 6.45) is 0. The molecule has 3 amide bonds. The summed E-state index contributed by atoms with van der Waals surface area (Å²) in [5.41, 5.74) is -5.40. The van der Waals surface area contributed by atoms with Crippen LogP contribution in [-0.4, -0.2) is 40.2 Å². The number of hydrogen-bond acceptors (Lipinski definition) is 3. The van der Waals surface area contributed by atoms with E-state index in [4.69, 9.17) is 0 Å². The quantitative estimate of drug-likeness (QED) is 0.780. The van der Waals surface area contributed by atoms with E-state index in [2.05, 4.69) is 5.32 Å². The first-order chi connectivity index (χ1) is 7.14. The molecule has 8 heteroatoms. The Labute approximate surface area is 94.5 Å². The van der Waals surface area contributed by atoms with Gasteiger partial charge in [-0.3, -0.25) is 10.1 Å². The number of rotatable bonds is 3. The lowest BCUT2D eigenvalue weighted by molar-refractivity contribution is -0.125. The van der Waals surface area contributed by atoms with Gasteiger partial charge in [-0.05, 0) is 25.6 Å². The maximum atomic E-state index is 11.9. The summed E-state index contributed by atoms with van der Waals surface area (Å²) in [7, 11) is 0. The summed E-state index contributed by atoms with van der Waals surface area (Å²) in [6.45, 7) is 2.87. The number of carbonyl (C=O) groups is 2. The highest BCUT2D eigenvalue weighted by molar-refractivity contribution is 8.00. The van der Waals surface area contributed by atoms with E-state index >= 15 is 0 Å². The molecule has 0 spiro atoms. The van der Waals surface area contributed by atoms with Gasteiger partial charge in [-0.25, -0.2) is 4.79 Å². The van der Waals surface area contributed by atoms with E-state index in [1.165, 1.54) is 13.8 Å². The number of nitrogens with zero attached hydrogens (tertiary/aromatic N) is 1. The van der Waals surface area contributed by atoms with Crippen LogP contribution in [0, 0.1) is 0 Å². The summed E-state index contributed by atoms with van der Waals surface area (Å²) in [4.78, 5) is 23.6. The Balaban J connectivity index is 2.54. The molecule has 0 unspecified atom stereocenters. The standard InChI is InChI=1S/C8H11F3N2O2S/c1-7(2)5(14)12-6(15)13(7)3-4-16-8(9,10)11/h3-4H2,1-2H3,(H,12,14,15). The summed E-state index contributed by atoms with van der Waals surface area (Å²) in [6, 6.07) is -0.641. The Morgan fingerprint density at radius 1 is 1.38 bits per heavy atom. The molecule has 1 N–H and O–H groups in total. The van der Waals surface area contributed by atoms with E-state index in [0.717, 1.165) is 4.90 Å². The van der Waals surface area contributed by atoms with Crippen molar-refractivity contribution in [1.82, 2.24) is 10.2 Å². The molecule has 1 fully saturated rings. The zero-order valence-electron chi connectivity index (χ0n) is 8.72. The highest BCUT2D eigenvalue weighted by atomic mass is 32.2. The molecule has 1 aliphatic rings. The van der Waals surface area contributed by atoms with Gasteiger partial charge in [-0.2, -0.15) is 13.2 Å². The first kappa shape index (κ1) is 13.1. The highest BCUT2D eigenvalue weighted by Crippen LogP contribution is 2.31. The van der Waals surface area contributed by atoms with Crippen LogP contribution in [0.4, 0.5) is 18.0 Å². The Kier molecular flexibility index (Phi) is 3.41. The second-order valence-corrected chi connectivity index (χ2v) is 4.92. The maximum Gasteiger partial charge on any atom is 0.441 e. The van der Waals surface area contributed by atoms with Crippen LogP contribution in [0.1, 0.15) is 13.8 Å². The molecule has 0 aromatic carbocycles. The number of urea groups is 1. The molecule has 0 bridgehead atoms. The number of imide groups is 1. The molecule has 0 radical (unpaired) electrons. The van der Waals surface area contributed by atoms with Gasteiger partial charge in [0.05, 0.1) is 0 Å². The third kappa shape index (κ3) is 2.81.